The fourth-order valence-corrected chi connectivity index (χ4v) is 7.27. The number of aliphatic hydroxyl groups excluding tert-OH is 1. The van der Waals surface area contributed by atoms with Crippen molar-refractivity contribution in [3.63, 3.8) is 0 Å². The first kappa shape index (κ1) is 35.0. The molecule has 7 nitrogen and oxygen atoms in total. The highest BCUT2D eigenvalue weighted by atomic mass is 16.6. The molecule has 3 aromatic rings. The molecule has 3 aromatic carbocycles. The summed E-state index contributed by atoms with van der Waals surface area (Å²) < 4.78 is 11.6. The van der Waals surface area contributed by atoms with Crippen LogP contribution in [0.2, 0.25) is 0 Å². The molecule has 2 fully saturated rings. The molecule has 0 unspecified atom stereocenters. The largest absolute Gasteiger partial charge is 0.489 e. The molecule has 0 atom stereocenters. The quantitative estimate of drug-likeness (QED) is 0.286. The molecule has 6 rings (SSSR count). The lowest BCUT2D eigenvalue weighted by Crippen LogP contribution is -2.35. The number of fused-ring (bicyclic) bond motifs is 1. The molecule has 0 radical (unpaired) electrons. The van der Waals surface area contributed by atoms with Gasteiger partial charge in [0.25, 0.3) is 0 Å². The van der Waals surface area contributed by atoms with Gasteiger partial charge < -0.3 is 14.6 Å². The number of rotatable bonds is 6. The number of nitrogens with zero attached hydrogens (tertiary/aromatic N) is 3. The maximum atomic E-state index is 12.5. The minimum absolute atomic E-state index is 0.0135. The second-order valence-corrected chi connectivity index (χ2v) is 14.4. The van der Waals surface area contributed by atoms with Gasteiger partial charge in [-0.2, -0.15) is 10.5 Å². The summed E-state index contributed by atoms with van der Waals surface area (Å²) in [4.78, 5) is 14.2. The van der Waals surface area contributed by atoms with E-state index in [4.69, 9.17) is 19.8 Å². The van der Waals surface area contributed by atoms with Crippen LogP contribution in [0, 0.1) is 22.7 Å². The lowest BCUT2D eigenvalue weighted by atomic mass is 9.82. The molecule has 1 aliphatic heterocycles. The van der Waals surface area contributed by atoms with Crippen LogP contribution in [0.3, 0.4) is 0 Å². The summed E-state index contributed by atoms with van der Waals surface area (Å²) in [5.41, 5.74) is 7.17. The topological polar surface area (TPSA) is 107 Å². The third-order valence-corrected chi connectivity index (χ3v) is 9.71. The van der Waals surface area contributed by atoms with E-state index in [1.54, 1.807) is 4.90 Å². The Balaban J connectivity index is 0.000000236. The van der Waals surface area contributed by atoms with Gasteiger partial charge in [0, 0.05) is 6.54 Å². The number of nitriles is 2. The minimum Gasteiger partial charge on any atom is -0.489 e. The average molecular weight is 648 g/mol. The Morgan fingerprint density at radius 3 is 1.92 bits per heavy atom. The third kappa shape index (κ3) is 8.97. The van der Waals surface area contributed by atoms with Crippen LogP contribution in [-0.4, -0.2) is 23.3 Å². The summed E-state index contributed by atoms with van der Waals surface area (Å²) in [6.07, 6.45) is 12.9. The molecule has 48 heavy (non-hydrogen) atoms. The Morgan fingerprint density at radius 1 is 0.812 bits per heavy atom. The van der Waals surface area contributed by atoms with Crippen molar-refractivity contribution in [1.29, 1.82) is 10.5 Å². The molecule has 1 amide bonds. The summed E-state index contributed by atoms with van der Waals surface area (Å²) >= 11 is 0. The van der Waals surface area contributed by atoms with Crippen molar-refractivity contribution in [3.8, 4) is 17.9 Å². The zero-order chi connectivity index (χ0) is 34.1. The van der Waals surface area contributed by atoms with Crippen molar-refractivity contribution in [2.24, 2.45) is 0 Å². The first-order valence-electron chi connectivity index (χ1n) is 17.6. The molecule has 0 spiro atoms. The van der Waals surface area contributed by atoms with Gasteiger partial charge in [-0.1, -0.05) is 62.8 Å². The van der Waals surface area contributed by atoms with Gasteiger partial charge in [-0.25, -0.2) is 4.79 Å². The van der Waals surface area contributed by atoms with Crippen LogP contribution in [0.5, 0.6) is 5.75 Å². The van der Waals surface area contributed by atoms with E-state index < -0.39 is 5.60 Å². The summed E-state index contributed by atoms with van der Waals surface area (Å²) in [5, 5.41) is 27.9. The zero-order valence-corrected chi connectivity index (χ0v) is 28.8. The maximum Gasteiger partial charge on any atom is 0.414 e. The summed E-state index contributed by atoms with van der Waals surface area (Å²) in [6.45, 7) is 6.66. The number of benzene rings is 3. The maximum absolute atomic E-state index is 12.5. The fourth-order valence-electron chi connectivity index (χ4n) is 7.27. The molecule has 2 aliphatic carbocycles. The third-order valence-electron chi connectivity index (χ3n) is 9.71. The summed E-state index contributed by atoms with van der Waals surface area (Å²) in [7, 11) is 0. The van der Waals surface area contributed by atoms with Crippen LogP contribution in [0.1, 0.15) is 136 Å². The normalized spacial score (nSPS) is 16.6. The second-order valence-electron chi connectivity index (χ2n) is 14.4. The Morgan fingerprint density at radius 2 is 1.38 bits per heavy atom. The van der Waals surface area contributed by atoms with Crippen molar-refractivity contribution in [2.75, 3.05) is 11.4 Å². The summed E-state index contributed by atoms with van der Waals surface area (Å²) in [5.74, 6) is 1.83. The Bertz CT molecular complexity index is 1650. The van der Waals surface area contributed by atoms with Crippen molar-refractivity contribution in [2.45, 2.75) is 122 Å². The van der Waals surface area contributed by atoms with E-state index in [1.165, 1.54) is 75.3 Å². The molecule has 3 aliphatic rings. The predicted octanol–water partition coefficient (Wildman–Crippen LogP) is 9.58. The van der Waals surface area contributed by atoms with Crippen molar-refractivity contribution >= 4 is 11.8 Å². The standard InChI is InChI=1S/C27H32N2O3.C14H17NO/c1-27(2,3)32-26(30)29-14-13-21-16-23(10-12-25(21)29)31-18-19-9-11-24(22(15-19)17-28)20-7-5-4-6-8-20;15-9-13-8-11(10-16)6-7-14(13)12-4-2-1-3-5-12/h9-12,15-16,20H,4-8,13-14,18H2,1-3H3;6-8,12,16H,1-5,10H2. The lowest BCUT2D eigenvalue weighted by Gasteiger charge is -2.24. The van der Waals surface area contributed by atoms with Gasteiger partial charge in [0.15, 0.2) is 0 Å². The highest BCUT2D eigenvalue weighted by molar-refractivity contribution is 5.90. The van der Waals surface area contributed by atoms with Gasteiger partial charge in [0.05, 0.1) is 35.6 Å². The first-order valence-corrected chi connectivity index (χ1v) is 17.6. The monoisotopic (exact) mass is 647 g/mol. The lowest BCUT2D eigenvalue weighted by molar-refractivity contribution is 0.0584. The van der Waals surface area contributed by atoms with E-state index >= 15 is 0 Å². The van der Waals surface area contributed by atoms with E-state index in [9.17, 15) is 10.1 Å². The van der Waals surface area contributed by atoms with E-state index in [0.29, 0.717) is 25.0 Å². The van der Waals surface area contributed by atoms with Gasteiger partial charge >= 0.3 is 6.09 Å². The first-order chi connectivity index (χ1) is 23.2. The molecule has 0 aromatic heterocycles. The van der Waals surface area contributed by atoms with E-state index in [2.05, 4.69) is 24.3 Å². The molecule has 252 valence electrons. The van der Waals surface area contributed by atoms with Crippen LogP contribution in [0.25, 0.3) is 0 Å². The second kappa shape index (κ2) is 16.2. The van der Waals surface area contributed by atoms with Gasteiger partial charge in [0.2, 0.25) is 0 Å². The van der Waals surface area contributed by atoms with Crippen molar-refractivity contribution in [3.05, 3.63) is 93.5 Å². The van der Waals surface area contributed by atoms with E-state index in [-0.39, 0.29) is 12.7 Å². The van der Waals surface area contributed by atoms with Crippen molar-refractivity contribution in [1.82, 2.24) is 0 Å². The van der Waals surface area contributed by atoms with Crippen LogP contribution in [-0.2, 0) is 24.4 Å². The Labute approximate surface area is 286 Å². The molecule has 2 saturated carbocycles. The highest BCUT2D eigenvalue weighted by Gasteiger charge is 2.29. The van der Waals surface area contributed by atoms with Crippen LogP contribution in [0.4, 0.5) is 10.5 Å². The average Bonchev–Trinajstić information content (AvgIpc) is 3.54. The van der Waals surface area contributed by atoms with E-state index in [1.807, 2.05) is 63.2 Å². The van der Waals surface area contributed by atoms with Gasteiger partial charge in [-0.15, -0.1) is 0 Å². The Hall–Kier alpha value is -4.33. The number of anilines is 1. The van der Waals surface area contributed by atoms with Gasteiger partial charge in [-0.3, -0.25) is 4.90 Å². The Kier molecular flexibility index (Phi) is 11.8. The fraction of sp³-hybridized carbons (Fsp3) is 0.488. The van der Waals surface area contributed by atoms with Crippen LogP contribution in [0.15, 0.2) is 54.6 Å². The predicted molar refractivity (Wildman–Crippen MR) is 188 cm³/mol. The molecule has 1 N–H and O–H groups in total. The SMILES string of the molecule is CC(C)(C)OC(=O)N1CCc2cc(OCc3ccc(C4CCCCC4)c(C#N)c3)ccc21.N#Cc1cc(CO)ccc1C1CCCCC1. The number of carbonyl (C=O) groups is 1. The van der Waals surface area contributed by atoms with Gasteiger partial charge in [0.1, 0.15) is 18.0 Å². The molecule has 0 bridgehead atoms. The van der Waals surface area contributed by atoms with Crippen LogP contribution >= 0.6 is 0 Å². The number of carbonyl (C=O) groups excluding carboxylic acids is 1. The summed E-state index contributed by atoms with van der Waals surface area (Å²) in [6, 6.07) is 22.4. The molecule has 1 heterocycles. The van der Waals surface area contributed by atoms with Crippen molar-refractivity contribution < 1.29 is 19.4 Å². The highest BCUT2D eigenvalue weighted by Crippen LogP contribution is 2.36. The number of hydrogen-bond acceptors (Lipinski definition) is 6. The number of ether oxygens (including phenoxy) is 2. The minimum atomic E-state index is -0.516. The zero-order valence-electron chi connectivity index (χ0n) is 28.8. The number of aliphatic hydroxyl groups is 1. The van der Waals surface area contributed by atoms with E-state index in [0.717, 1.165) is 45.7 Å². The molecular weight excluding hydrogens is 598 g/mol. The molecule has 7 heteroatoms. The van der Waals surface area contributed by atoms with Crippen LogP contribution < -0.4 is 9.64 Å². The van der Waals surface area contributed by atoms with Gasteiger partial charge in [-0.05, 0) is 123 Å². The molecular formula is C41H49N3O4. The number of amides is 1. The molecule has 0 saturated heterocycles. The number of hydrogen-bond donors (Lipinski definition) is 1. The smallest absolute Gasteiger partial charge is 0.414 e.